The number of carbonyl (C=O) groups is 1. The summed E-state index contributed by atoms with van der Waals surface area (Å²) in [6, 6.07) is 23.9. The fraction of sp³-hybridized carbons (Fsp3) is 0.0952. The largest absolute Gasteiger partial charge is 0.508 e. The summed E-state index contributed by atoms with van der Waals surface area (Å²) in [6.07, 6.45) is -0.857. The molecule has 3 aromatic rings. The zero-order valence-corrected chi connectivity index (χ0v) is 13.8. The molecule has 1 atom stereocenters. The second kappa shape index (κ2) is 7.53. The van der Waals surface area contributed by atoms with Gasteiger partial charge >= 0.3 is 6.09 Å². The Balaban J connectivity index is 1.74. The molecule has 0 spiro atoms. The van der Waals surface area contributed by atoms with Crippen LogP contribution >= 0.6 is 0 Å². The minimum Gasteiger partial charge on any atom is -0.508 e. The highest BCUT2D eigenvalue weighted by atomic mass is 16.6. The molecule has 0 aliphatic carbocycles. The maximum atomic E-state index is 12.3. The van der Waals surface area contributed by atoms with Crippen LogP contribution in [0.3, 0.4) is 0 Å². The molecular formula is C21H19NO3. The van der Waals surface area contributed by atoms with Crippen molar-refractivity contribution in [2.45, 2.75) is 13.0 Å². The third-order valence-electron chi connectivity index (χ3n) is 3.89. The van der Waals surface area contributed by atoms with E-state index in [2.05, 4.69) is 5.32 Å². The topological polar surface area (TPSA) is 58.6 Å². The van der Waals surface area contributed by atoms with Crippen molar-refractivity contribution in [1.82, 2.24) is 0 Å². The quantitative estimate of drug-likeness (QED) is 0.675. The Morgan fingerprint density at radius 3 is 2.28 bits per heavy atom. The van der Waals surface area contributed by atoms with Gasteiger partial charge in [0.25, 0.3) is 0 Å². The number of phenols is 1. The van der Waals surface area contributed by atoms with Crippen molar-refractivity contribution in [3.63, 3.8) is 0 Å². The van der Waals surface area contributed by atoms with E-state index in [9.17, 15) is 9.90 Å². The highest BCUT2D eigenvalue weighted by molar-refractivity contribution is 5.91. The lowest BCUT2D eigenvalue weighted by Gasteiger charge is -2.16. The van der Waals surface area contributed by atoms with Crippen LogP contribution in [0, 0.1) is 0 Å². The number of anilines is 1. The number of phenolic OH excluding ortho intramolecular Hbond substituents is 1. The summed E-state index contributed by atoms with van der Waals surface area (Å²) in [5.41, 5.74) is 3.33. The van der Waals surface area contributed by atoms with Gasteiger partial charge in [0.1, 0.15) is 11.9 Å². The zero-order chi connectivity index (χ0) is 17.6. The van der Waals surface area contributed by atoms with Crippen LogP contribution in [-0.2, 0) is 4.74 Å². The fourth-order valence-corrected chi connectivity index (χ4v) is 2.58. The lowest BCUT2D eigenvalue weighted by atomic mass is 10.0. The number of ether oxygens (including phenoxy) is 1. The van der Waals surface area contributed by atoms with Gasteiger partial charge in [-0.3, -0.25) is 5.32 Å². The molecule has 2 N–H and O–H groups in total. The van der Waals surface area contributed by atoms with Crippen LogP contribution in [0.4, 0.5) is 10.5 Å². The molecule has 0 radical (unpaired) electrons. The van der Waals surface area contributed by atoms with Gasteiger partial charge in [-0.25, -0.2) is 4.79 Å². The van der Waals surface area contributed by atoms with E-state index in [1.807, 2.05) is 61.5 Å². The molecule has 3 rings (SSSR count). The van der Waals surface area contributed by atoms with Crippen LogP contribution in [0.1, 0.15) is 18.6 Å². The zero-order valence-electron chi connectivity index (χ0n) is 13.8. The summed E-state index contributed by atoms with van der Waals surface area (Å²) in [6.45, 7) is 1.83. The normalized spacial score (nSPS) is 11.6. The Labute approximate surface area is 146 Å². The van der Waals surface area contributed by atoms with Crippen molar-refractivity contribution in [2.75, 3.05) is 5.32 Å². The maximum absolute atomic E-state index is 12.3. The number of nitrogens with one attached hydrogen (secondary N) is 1. The number of para-hydroxylation sites is 1. The van der Waals surface area contributed by atoms with Gasteiger partial charge in [-0.05, 0) is 36.2 Å². The van der Waals surface area contributed by atoms with Crippen molar-refractivity contribution in [3.05, 3.63) is 84.4 Å². The maximum Gasteiger partial charge on any atom is 0.412 e. The minimum absolute atomic E-state index is 0.199. The van der Waals surface area contributed by atoms with E-state index in [0.29, 0.717) is 5.69 Å². The first-order valence-corrected chi connectivity index (χ1v) is 8.04. The van der Waals surface area contributed by atoms with Gasteiger partial charge in [-0.15, -0.1) is 0 Å². The first kappa shape index (κ1) is 16.6. The van der Waals surface area contributed by atoms with Crippen LogP contribution in [0.2, 0.25) is 0 Å². The summed E-state index contributed by atoms with van der Waals surface area (Å²) < 4.78 is 5.46. The molecule has 0 fully saturated rings. The van der Waals surface area contributed by atoms with Crippen molar-refractivity contribution < 1.29 is 14.6 Å². The highest BCUT2D eigenvalue weighted by Gasteiger charge is 2.13. The molecule has 4 nitrogen and oxygen atoms in total. The second-order valence-electron chi connectivity index (χ2n) is 5.68. The second-order valence-corrected chi connectivity index (χ2v) is 5.68. The third-order valence-corrected chi connectivity index (χ3v) is 3.89. The number of carbonyl (C=O) groups excluding carboxylic acids is 1. The van der Waals surface area contributed by atoms with E-state index in [1.165, 1.54) is 0 Å². The minimum atomic E-state index is -0.511. The Bertz CT molecular complexity index is 845. The molecule has 3 aromatic carbocycles. The van der Waals surface area contributed by atoms with Crippen LogP contribution in [0.5, 0.6) is 5.75 Å². The van der Waals surface area contributed by atoms with Gasteiger partial charge in [-0.1, -0.05) is 60.7 Å². The summed E-state index contributed by atoms with van der Waals surface area (Å²) in [7, 11) is 0. The molecule has 0 aromatic heterocycles. The SMILES string of the molecule is C[C@@H](OC(=O)Nc1ccccc1-c1ccc(O)cc1)c1ccccc1. The van der Waals surface area contributed by atoms with Crippen LogP contribution < -0.4 is 5.32 Å². The third kappa shape index (κ3) is 4.18. The Morgan fingerprint density at radius 1 is 0.920 bits per heavy atom. The smallest absolute Gasteiger partial charge is 0.412 e. The summed E-state index contributed by atoms with van der Waals surface area (Å²) in [4.78, 5) is 12.3. The first-order valence-electron chi connectivity index (χ1n) is 8.04. The predicted octanol–water partition coefficient (Wildman–Crippen LogP) is 5.37. The van der Waals surface area contributed by atoms with Gasteiger partial charge in [0.15, 0.2) is 0 Å². The summed E-state index contributed by atoms with van der Waals surface area (Å²) in [5, 5.41) is 12.2. The first-order chi connectivity index (χ1) is 12.1. The van der Waals surface area contributed by atoms with Crippen molar-refractivity contribution in [2.24, 2.45) is 0 Å². The molecule has 0 aliphatic rings. The fourth-order valence-electron chi connectivity index (χ4n) is 2.58. The predicted molar refractivity (Wildman–Crippen MR) is 98.5 cm³/mol. The molecular weight excluding hydrogens is 314 g/mol. The number of hydrogen-bond donors (Lipinski definition) is 2. The average Bonchev–Trinajstić information content (AvgIpc) is 2.63. The molecule has 0 aliphatic heterocycles. The van der Waals surface area contributed by atoms with Gasteiger partial charge in [0, 0.05) is 5.56 Å². The van der Waals surface area contributed by atoms with Crippen LogP contribution in [0.25, 0.3) is 11.1 Å². The van der Waals surface area contributed by atoms with Crippen LogP contribution in [-0.4, -0.2) is 11.2 Å². The lowest BCUT2D eigenvalue weighted by Crippen LogP contribution is -2.16. The van der Waals surface area contributed by atoms with Gasteiger partial charge < -0.3 is 9.84 Å². The monoisotopic (exact) mass is 333 g/mol. The van der Waals surface area contributed by atoms with E-state index in [-0.39, 0.29) is 11.9 Å². The Morgan fingerprint density at radius 2 is 1.56 bits per heavy atom. The van der Waals surface area contributed by atoms with E-state index in [0.717, 1.165) is 16.7 Å². The Hall–Kier alpha value is -3.27. The average molecular weight is 333 g/mol. The Kier molecular flexibility index (Phi) is 5.00. The summed E-state index contributed by atoms with van der Waals surface area (Å²) >= 11 is 0. The molecule has 0 heterocycles. The van der Waals surface area contributed by atoms with E-state index in [4.69, 9.17) is 4.74 Å². The molecule has 25 heavy (non-hydrogen) atoms. The van der Waals surface area contributed by atoms with Gasteiger partial charge in [0.05, 0.1) is 5.69 Å². The molecule has 0 saturated carbocycles. The summed E-state index contributed by atoms with van der Waals surface area (Å²) in [5.74, 6) is 0.199. The molecule has 0 unspecified atom stereocenters. The van der Waals surface area contributed by atoms with E-state index < -0.39 is 6.09 Å². The molecule has 126 valence electrons. The standard InChI is InChI=1S/C21H19NO3/c1-15(16-7-3-2-4-8-16)25-21(24)22-20-10-6-5-9-19(20)17-11-13-18(23)14-12-17/h2-15,23H,1H3,(H,22,24)/t15-/m1/s1. The lowest BCUT2D eigenvalue weighted by molar-refractivity contribution is 0.121. The van der Waals surface area contributed by atoms with Crippen molar-refractivity contribution >= 4 is 11.8 Å². The van der Waals surface area contributed by atoms with E-state index in [1.54, 1.807) is 24.3 Å². The van der Waals surface area contributed by atoms with Gasteiger partial charge in [0.2, 0.25) is 0 Å². The molecule has 0 bridgehead atoms. The van der Waals surface area contributed by atoms with E-state index >= 15 is 0 Å². The van der Waals surface area contributed by atoms with Gasteiger partial charge in [-0.2, -0.15) is 0 Å². The van der Waals surface area contributed by atoms with Crippen molar-refractivity contribution in [3.8, 4) is 16.9 Å². The molecule has 0 saturated heterocycles. The number of benzene rings is 3. The number of hydrogen-bond acceptors (Lipinski definition) is 3. The number of rotatable bonds is 4. The number of amides is 1. The highest BCUT2D eigenvalue weighted by Crippen LogP contribution is 2.29. The van der Waals surface area contributed by atoms with Crippen molar-refractivity contribution in [1.29, 1.82) is 0 Å². The van der Waals surface area contributed by atoms with Crippen LogP contribution in [0.15, 0.2) is 78.9 Å². The molecule has 4 heteroatoms. The number of aromatic hydroxyl groups is 1. The molecule has 1 amide bonds.